The zero-order valence-electron chi connectivity index (χ0n) is 9.98. The molecule has 0 saturated heterocycles. The van der Waals surface area contributed by atoms with Crippen molar-refractivity contribution in [2.75, 3.05) is 0 Å². The van der Waals surface area contributed by atoms with Crippen LogP contribution in [0, 0.1) is 17.5 Å². The third-order valence-corrected chi connectivity index (χ3v) is 2.69. The first-order valence-electron chi connectivity index (χ1n) is 5.68. The number of aromatic nitrogens is 2. The van der Waals surface area contributed by atoms with Crippen molar-refractivity contribution in [1.82, 2.24) is 10.1 Å². The van der Waals surface area contributed by atoms with Crippen LogP contribution in [-0.2, 0) is 0 Å². The van der Waals surface area contributed by atoms with E-state index in [-0.39, 0.29) is 23.1 Å². The number of benzene rings is 2. The van der Waals surface area contributed by atoms with Crippen LogP contribution in [0.1, 0.15) is 0 Å². The maximum atomic E-state index is 13.1. The lowest BCUT2D eigenvalue weighted by Gasteiger charge is -1.95. The molecule has 0 aliphatic rings. The molecule has 1 aromatic heterocycles. The van der Waals surface area contributed by atoms with E-state index in [1.54, 1.807) is 0 Å². The average Bonchev–Trinajstić information content (AvgIpc) is 2.92. The first-order chi connectivity index (χ1) is 9.63. The zero-order valence-corrected chi connectivity index (χ0v) is 9.98. The van der Waals surface area contributed by atoms with Gasteiger partial charge in [-0.15, -0.1) is 0 Å². The van der Waals surface area contributed by atoms with Gasteiger partial charge in [-0.25, -0.2) is 13.2 Å². The molecule has 0 radical (unpaired) electrons. The zero-order chi connectivity index (χ0) is 14.1. The largest absolute Gasteiger partial charge is 0.334 e. The lowest BCUT2D eigenvalue weighted by molar-refractivity contribution is 0.431. The second-order valence-corrected chi connectivity index (χ2v) is 4.06. The molecule has 3 aromatic rings. The number of hydrogen-bond donors (Lipinski definition) is 0. The fourth-order valence-electron chi connectivity index (χ4n) is 1.69. The predicted octanol–water partition coefficient (Wildman–Crippen LogP) is 3.82. The number of nitrogens with zero attached hydrogens (tertiary/aromatic N) is 2. The topological polar surface area (TPSA) is 38.9 Å². The quantitative estimate of drug-likeness (QED) is 0.714. The van der Waals surface area contributed by atoms with E-state index >= 15 is 0 Å². The molecule has 1 heterocycles. The van der Waals surface area contributed by atoms with E-state index in [4.69, 9.17) is 4.52 Å². The highest BCUT2D eigenvalue weighted by molar-refractivity contribution is 5.59. The van der Waals surface area contributed by atoms with Gasteiger partial charge in [0.05, 0.1) is 0 Å². The first kappa shape index (κ1) is 12.4. The summed E-state index contributed by atoms with van der Waals surface area (Å²) in [7, 11) is 0. The van der Waals surface area contributed by atoms with Crippen LogP contribution in [0.15, 0.2) is 47.0 Å². The van der Waals surface area contributed by atoms with E-state index in [1.165, 1.54) is 30.3 Å². The van der Waals surface area contributed by atoms with Gasteiger partial charge in [-0.2, -0.15) is 4.98 Å². The third kappa shape index (κ3) is 2.27. The summed E-state index contributed by atoms with van der Waals surface area (Å²) in [5.74, 6) is -2.03. The van der Waals surface area contributed by atoms with Crippen molar-refractivity contribution in [1.29, 1.82) is 0 Å². The lowest BCUT2D eigenvalue weighted by Crippen LogP contribution is -1.86. The normalized spacial score (nSPS) is 10.8. The highest BCUT2D eigenvalue weighted by Crippen LogP contribution is 2.23. The van der Waals surface area contributed by atoms with Crippen LogP contribution in [0.25, 0.3) is 22.8 Å². The highest BCUT2D eigenvalue weighted by Gasteiger charge is 2.12. The molecular weight excluding hydrogens is 269 g/mol. The molecule has 0 spiro atoms. The molecule has 2 aromatic carbocycles. The maximum absolute atomic E-state index is 13.1. The van der Waals surface area contributed by atoms with Gasteiger partial charge in [0.2, 0.25) is 5.82 Å². The molecule has 3 nitrogen and oxygen atoms in total. The van der Waals surface area contributed by atoms with Crippen LogP contribution in [0.3, 0.4) is 0 Å². The minimum Gasteiger partial charge on any atom is -0.334 e. The van der Waals surface area contributed by atoms with E-state index < -0.39 is 11.6 Å². The molecule has 0 amide bonds. The Bertz CT molecular complexity index is 753. The minimum absolute atomic E-state index is 0.0585. The van der Waals surface area contributed by atoms with E-state index in [0.29, 0.717) is 5.56 Å². The Morgan fingerprint density at radius 2 is 1.50 bits per heavy atom. The summed E-state index contributed by atoms with van der Waals surface area (Å²) in [6.07, 6.45) is 0. The predicted molar refractivity (Wildman–Crippen MR) is 65.0 cm³/mol. The Labute approximate surface area is 111 Å². The monoisotopic (exact) mass is 276 g/mol. The SMILES string of the molecule is Fc1ccc(-c2noc(-c3ccc(F)c(F)c3)n2)cc1. The van der Waals surface area contributed by atoms with Crippen molar-refractivity contribution >= 4 is 0 Å². The number of rotatable bonds is 2. The summed E-state index contributed by atoms with van der Waals surface area (Å²) >= 11 is 0. The second kappa shape index (κ2) is 4.80. The van der Waals surface area contributed by atoms with Gasteiger partial charge in [0, 0.05) is 11.1 Å². The Balaban J connectivity index is 1.97. The van der Waals surface area contributed by atoms with E-state index in [1.807, 2.05) is 0 Å². The van der Waals surface area contributed by atoms with Crippen molar-refractivity contribution in [2.24, 2.45) is 0 Å². The molecule has 0 unspecified atom stereocenters. The first-order valence-corrected chi connectivity index (χ1v) is 5.68. The molecule has 3 rings (SSSR count). The summed E-state index contributed by atoms with van der Waals surface area (Å²) in [4.78, 5) is 4.06. The molecule has 20 heavy (non-hydrogen) atoms. The molecular formula is C14H7F3N2O. The molecule has 0 N–H and O–H groups in total. The molecule has 100 valence electrons. The van der Waals surface area contributed by atoms with Crippen molar-refractivity contribution in [3.63, 3.8) is 0 Å². The van der Waals surface area contributed by atoms with Crippen molar-refractivity contribution in [2.45, 2.75) is 0 Å². The molecule has 0 atom stereocenters. The van der Waals surface area contributed by atoms with Crippen LogP contribution < -0.4 is 0 Å². The third-order valence-electron chi connectivity index (χ3n) is 2.69. The van der Waals surface area contributed by atoms with Gasteiger partial charge in [-0.1, -0.05) is 5.16 Å². The van der Waals surface area contributed by atoms with Gasteiger partial charge in [0.1, 0.15) is 5.82 Å². The fraction of sp³-hybridized carbons (Fsp3) is 0. The smallest absolute Gasteiger partial charge is 0.258 e. The molecule has 0 bridgehead atoms. The highest BCUT2D eigenvalue weighted by atomic mass is 19.2. The van der Waals surface area contributed by atoms with Crippen molar-refractivity contribution in [3.05, 3.63) is 59.9 Å². The summed E-state index contributed by atoms with van der Waals surface area (Å²) in [5, 5.41) is 3.72. The summed E-state index contributed by atoms with van der Waals surface area (Å²) in [5.41, 5.74) is 0.828. The summed E-state index contributed by atoms with van der Waals surface area (Å²) in [6, 6.07) is 8.81. The van der Waals surface area contributed by atoms with Gasteiger partial charge >= 0.3 is 0 Å². The maximum Gasteiger partial charge on any atom is 0.258 e. The van der Waals surface area contributed by atoms with Crippen LogP contribution in [0.5, 0.6) is 0 Å². The Morgan fingerprint density at radius 1 is 0.800 bits per heavy atom. The van der Waals surface area contributed by atoms with Gasteiger partial charge in [0.25, 0.3) is 5.89 Å². The molecule has 0 saturated carbocycles. The van der Waals surface area contributed by atoms with Gasteiger partial charge < -0.3 is 4.52 Å². The average molecular weight is 276 g/mol. The lowest BCUT2D eigenvalue weighted by atomic mass is 10.2. The number of hydrogen-bond acceptors (Lipinski definition) is 3. The minimum atomic E-state index is -0.996. The second-order valence-electron chi connectivity index (χ2n) is 4.06. The van der Waals surface area contributed by atoms with Gasteiger partial charge in [-0.05, 0) is 42.5 Å². The van der Waals surface area contributed by atoms with Crippen LogP contribution >= 0.6 is 0 Å². The summed E-state index contributed by atoms with van der Waals surface area (Å²) in [6.45, 7) is 0. The fourth-order valence-corrected chi connectivity index (χ4v) is 1.69. The standard InChI is InChI=1S/C14H7F3N2O/c15-10-4-1-8(2-5-10)13-18-14(20-19-13)9-3-6-11(16)12(17)7-9/h1-7H. The van der Waals surface area contributed by atoms with Gasteiger partial charge in [0.15, 0.2) is 11.6 Å². The molecule has 0 aliphatic carbocycles. The summed E-state index contributed by atoms with van der Waals surface area (Å²) < 4.78 is 43.8. The van der Waals surface area contributed by atoms with Gasteiger partial charge in [-0.3, -0.25) is 0 Å². The Morgan fingerprint density at radius 3 is 2.20 bits per heavy atom. The number of halogens is 3. The molecule has 0 aliphatic heterocycles. The van der Waals surface area contributed by atoms with Crippen LogP contribution in [0.4, 0.5) is 13.2 Å². The van der Waals surface area contributed by atoms with Crippen molar-refractivity contribution in [3.8, 4) is 22.8 Å². The molecule has 6 heteroatoms. The van der Waals surface area contributed by atoms with E-state index in [9.17, 15) is 13.2 Å². The van der Waals surface area contributed by atoms with Crippen LogP contribution in [-0.4, -0.2) is 10.1 Å². The Hall–Kier alpha value is -2.63. The molecule has 0 fully saturated rings. The van der Waals surface area contributed by atoms with E-state index in [2.05, 4.69) is 10.1 Å². The van der Waals surface area contributed by atoms with E-state index in [0.717, 1.165) is 12.1 Å². The Kier molecular flexibility index (Phi) is 2.98. The van der Waals surface area contributed by atoms with Crippen molar-refractivity contribution < 1.29 is 17.7 Å². The van der Waals surface area contributed by atoms with Crippen LogP contribution in [0.2, 0.25) is 0 Å².